The molecule has 7 nitrogen and oxygen atoms in total. The topological polar surface area (TPSA) is 88.1 Å². The lowest BCUT2D eigenvalue weighted by Gasteiger charge is -2.15. The zero-order chi connectivity index (χ0) is 24.0. The predicted molar refractivity (Wildman–Crippen MR) is 103 cm³/mol. The van der Waals surface area contributed by atoms with Crippen LogP contribution < -0.4 is 10.8 Å². The number of nitrogens with one attached hydrogen (secondary N) is 2. The van der Waals surface area contributed by atoms with Crippen LogP contribution in [0.3, 0.4) is 0 Å². The number of aromatic nitrogens is 4. The molecule has 1 amide bonds. The third kappa shape index (κ3) is 4.16. The second-order valence-corrected chi connectivity index (χ2v) is 6.76. The van der Waals surface area contributed by atoms with Crippen LogP contribution in [0.1, 0.15) is 21.7 Å². The fourth-order valence-corrected chi connectivity index (χ4v) is 3.21. The fraction of sp³-hybridized carbons (Fsp3) is 0.100. The van der Waals surface area contributed by atoms with E-state index in [2.05, 4.69) is 10.1 Å². The van der Waals surface area contributed by atoms with Crippen molar-refractivity contribution in [2.75, 3.05) is 5.32 Å². The highest BCUT2D eigenvalue weighted by Crippen LogP contribution is 2.35. The first-order chi connectivity index (χ1) is 15.5. The Hall–Kier alpha value is -4.16. The Morgan fingerprint density at radius 2 is 1.76 bits per heavy atom. The minimum atomic E-state index is -5.04. The molecule has 13 heteroatoms. The number of rotatable bonds is 3. The molecule has 0 saturated carbocycles. The van der Waals surface area contributed by atoms with Gasteiger partial charge in [-0.2, -0.15) is 31.4 Å². The van der Waals surface area contributed by atoms with Crippen LogP contribution in [0.5, 0.6) is 0 Å². The number of halogens is 6. The zero-order valence-electron chi connectivity index (χ0n) is 16.2. The van der Waals surface area contributed by atoms with Crippen LogP contribution >= 0.6 is 0 Å². The summed E-state index contributed by atoms with van der Waals surface area (Å²) in [6.45, 7) is 0. The molecule has 2 N–H and O–H groups in total. The lowest BCUT2D eigenvalue weighted by Crippen LogP contribution is -2.22. The van der Waals surface area contributed by atoms with Crippen molar-refractivity contribution in [3.63, 3.8) is 0 Å². The molecular weight excluding hydrogens is 454 g/mol. The molecule has 0 unspecified atom stereocenters. The maximum atomic E-state index is 14.0. The molecule has 0 atom stereocenters. The normalized spacial score (nSPS) is 12.2. The van der Waals surface area contributed by atoms with Crippen molar-refractivity contribution in [1.29, 1.82) is 5.41 Å². The molecule has 0 saturated heterocycles. The van der Waals surface area contributed by atoms with Crippen molar-refractivity contribution >= 4 is 17.1 Å². The van der Waals surface area contributed by atoms with Gasteiger partial charge in [0, 0.05) is 18.1 Å². The minimum absolute atomic E-state index is 0.00573. The van der Waals surface area contributed by atoms with Crippen LogP contribution in [0.2, 0.25) is 0 Å². The monoisotopic (exact) mass is 466 g/mol. The number of fused-ring (bicyclic) bond motifs is 1. The first-order valence-electron chi connectivity index (χ1n) is 9.12. The minimum Gasteiger partial charge on any atom is -0.322 e. The van der Waals surface area contributed by atoms with Crippen LogP contribution in [0.15, 0.2) is 61.1 Å². The average Bonchev–Trinajstić information content (AvgIpc) is 3.19. The van der Waals surface area contributed by atoms with Crippen molar-refractivity contribution in [3.05, 3.63) is 83.5 Å². The molecule has 4 aromatic heterocycles. The van der Waals surface area contributed by atoms with E-state index in [1.54, 1.807) is 0 Å². The molecule has 170 valence electrons. The van der Waals surface area contributed by atoms with Gasteiger partial charge >= 0.3 is 12.4 Å². The Balaban J connectivity index is 1.81. The average molecular weight is 466 g/mol. The van der Waals surface area contributed by atoms with Crippen molar-refractivity contribution in [1.82, 2.24) is 19.2 Å². The number of hydrogen-bond acceptors (Lipinski definition) is 4. The second kappa shape index (κ2) is 7.76. The molecule has 0 radical (unpaired) electrons. The first kappa shape index (κ1) is 22.0. The Morgan fingerprint density at radius 1 is 1.00 bits per heavy atom. The van der Waals surface area contributed by atoms with Gasteiger partial charge in [0.15, 0.2) is 5.69 Å². The summed E-state index contributed by atoms with van der Waals surface area (Å²) in [7, 11) is 0. The first-order valence-corrected chi connectivity index (χ1v) is 9.12. The molecule has 0 bridgehead atoms. The maximum absolute atomic E-state index is 14.0. The molecule has 0 aliphatic carbocycles. The van der Waals surface area contributed by atoms with E-state index in [4.69, 9.17) is 5.41 Å². The Bertz CT molecular complexity index is 1420. The van der Waals surface area contributed by atoms with Crippen LogP contribution in [0, 0.1) is 5.41 Å². The van der Waals surface area contributed by atoms with E-state index in [-0.39, 0.29) is 22.4 Å². The number of nitrogens with zero attached hydrogens (tertiary/aromatic N) is 4. The Labute approximate surface area is 180 Å². The fourth-order valence-electron chi connectivity index (χ4n) is 3.21. The summed E-state index contributed by atoms with van der Waals surface area (Å²) >= 11 is 0. The van der Waals surface area contributed by atoms with Gasteiger partial charge in [0.2, 0.25) is 0 Å². The summed E-state index contributed by atoms with van der Waals surface area (Å²) in [5.41, 5.74) is -3.85. The summed E-state index contributed by atoms with van der Waals surface area (Å²) in [4.78, 5) is 15.7. The SMILES string of the molecule is N=c1cccc2c(-n3ncc(C(=O)Nc4ccnc(C(F)(F)F)c4)c3C(F)(F)F)cccn12. The van der Waals surface area contributed by atoms with Crippen molar-refractivity contribution < 1.29 is 31.1 Å². The van der Waals surface area contributed by atoms with E-state index in [0.29, 0.717) is 16.9 Å². The number of amides is 1. The van der Waals surface area contributed by atoms with E-state index in [1.165, 1.54) is 40.9 Å². The van der Waals surface area contributed by atoms with Gasteiger partial charge < -0.3 is 9.72 Å². The van der Waals surface area contributed by atoms with Gasteiger partial charge in [-0.3, -0.25) is 15.2 Å². The van der Waals surface area contributed by atoms with E-state index in [0.717, 1.165) is 12.3 Å². The second-order valence-electron chi connectivity index (χ2n) is 6.76. The van der Waals surface area contributed by atoms with Crippen molar-refractivity contribution in [3.8, 4) is 5.69 Å². The smallest absolute Gasteiger partial charge is 0.322 e. The molecular formula is C20H12F6N6O. The van der Waals surface area contributed by atoms with Crippen molar-refractivity contribution in [2.45, 2.75) is 12.4 Å². The Morgan fingerprint density at radius 3 is 2.45 bits per heavy atom. The largest absolute Gasteiger partial charge is 0.434 e. The summed E-state index contributed by atoms with van der Waals surface area (Å²) in [5.74, 6) is -1.30. The van der Waals surface area contributed by atoms with Crippen LogP contribution in [-0.2, 0) is 12.4 Å². The molecule has 0 spiro atoms. The van der Waals surface area contributed by atoms with E-state index in [9.17, 15) is 31.1 Å². The number of anilines is 1. The molecule has 0 aliphatic heterocycles. The number of carbonyl (C=O) groups is 1. The Kier molecular flexibility index (Phi) is 5.18. The lowest BCUT2D eigenvalue weighted by molar-refractivity contribution is -0.143. The van der Waals surface area contributed by atoms with E-state index >= 15 is 0 Å². The number of carbonyl (C=O) groups excluding carboxylic acids is 1. The molecule has 33 heavy (non-hydrogen) atoms. The van der Waals surface area contributed by atoms with Crippen LogP contribution in [-0.4, -0.2) is 25.1 Å². The highest BCUT2D eigenvalue weighted by Gasteiger charge is 2.41. The van der Waals surface area contributed by atoms with E-state index in [1.807, 2.05) is 5.32 Å². The van der Waals surface area contributed by atoms with E-state index < -0.39 is 35.2 Å². The molecule has 0 fully saturated rings. The summed E-state index contributed by atoms with van der Waals surface area (Å²) in [5, 5.41) is 13.7. The number of hydrogen-bond donors (Lipinski definition) is 2. The highest BCUT2D eigenvalue weighted by molar-refractivity contribution is 6.05. The summed E-state index contributed by atoms with van der Waals surface area (Å²) in [6, 6.07) is 8.66. The summed E-state index contributed by atoms with van der Waals surface area (Å²) < 4.78 is 82.3. The van der Waals surface area contributed by atoms with Gasteiger partial charge in [-0.1, -0.05) is 6.07 Å². The molecule has 4 heterocycles. The molecule has 0 aromatic carbocycles. The van der Waals surface area contributed by atoms with Crippen LogP contribution in [0.25, 0.3) is 11.2 Å². The summed E-state index contributed by atoms with van der Waals surface area (Å²) in [6.07, 6.45) is -6.90. The van der Waals surface area contributed by atoms with Gasteiger partial charge in [0.05, 0.1) is 23.0 Å². The third-order valence-electron chi connectivity index (χ3n) is 4.60. The lowest BCUT2D eigenvalue weighted by atomic mass is 10.2. The number of pyridine rings is 3. The molecule has 4 rings (SSSR count). The van der Waals surface area contributed by atoms with Gasteiger partial charge in [-0.15, -0.1) is 0 Å². The van der Waals surface area contributed by atoms with Gasteiger partial charge in [-0.25, -0.2) is 4.68 Å². The van der Waals surface area contributed by atoms with Gasteiger partial charge in [-0.05, 0) is 36.4 Å². The van der Waals surface area contributed by atoms with Crippen LogP contribution in [0.4, 0.5) is 32.0 Å². The van der Waals surface area contributed by atoms with Gasteiger partial charge in [0.1, 0.15) is 11.2 Å². The third-order valence-corrected chi connectivity index (χ3v) is 4.60. The van der Waals surface area contributed by atoms with Gasteiger partial charge in [0.25, 0.3) is 5.91 Å². The maximum Gasteiger partial charge on any atom is 0.434 e. The number of alkyl halides is 6. The van der Waals surface area contributed by atoms with Crippen molar-refractivity contribution in [2.24, 2.45) is 0 Å². The highest BCUT2D eigenvalue weighted by atomic mass is 19.4. The quantitative estimate of drug-likeness (QED) is 0.442. The predicted octanol–water partition coefficient (Wildman–Crippen LogP) is 4.29. The standard InChI is InChI=1S/C20H12F6N6O/c21-19(22,23)15-9-11(6-7-28-15)30-18(33)12-10-29-32(17(12)20(24,25)26)14-4-2-8-31-13(14)3-1-5-16(31)27/h1-10,27H,(H,28,30,33). The zero-order valence-corrected chi connectivity index (χ0v) is 16.2. The molecule has 4 aromatic rings. The molecule has 0 aliphatic rings.